The Kier molecular flexibility index (Phi) is 3.46. The molecule has 1 aliphatic carbocycles. The zero-order valence-corrected chi connectivity index (χ0v) is 14.2. The molecule has 126 valence electrons. The number of pyridine rings is 2. The van der Waals surface area contributed by atoms with Crippen molar-refractivity contribution >= 4 is 17.5 Å². The van der Waals surface area contributed by atoms with Crippen LogP contribution in [0.1, 0.15) is 49.3 Å². The molecule has 1 fully saturated rings. The van der Waals surface area contributed by atoms with Crippen molar-refractivity contribution in [2.24, 2.45) is 0 Å². The first-order chi connectivity index (χ1) is 12.0. The van der Waals surface area contributed by atoms with E-state index in [1.165, 1.54) is 5.56 Å². The van der Waals surface area contributed by atoms with Crippen LogP contribution in [0.5, 0.6) is 0 Å². The second-order valence-electron chi connectivity index (χ2n) is 7.26. The molecule has 6 nitrogen and oxygen atoms in total. The molecule has 6 heteroatoms. The molecule has 2 aromatic heterocycles. The summed E-state index contributed by atoms with van der Waals surface area (Å²) in [7, 11) is 0. The second-order valence-corrected chi connectivity index (χ2v) is 7.26. The number of carbonyl (C=O) groups excluding carboxylic acids is 1. The van der Waals surface area contributed by atoms with E-state index in [9.17, 15) is 4.79 Å². The zero-order valence-electron chi connectivity index (χ0n) is 14.2. The number of aromatic nitrogens is 2. The summed E-state index contributed by atoms with van der Waals surface area (Å²) in [6, 6.07) is 8.06. The van der Waals surface area contributed by atoms with Crippen LogP contribution in [0.15, 0.2) is 30.6 Å². The van der Waals surface area contributed by atoms with Crippen LogP contribution in [0.2, 0.25) is 0 Å². The molecule has 0 bridgehead atoms. The first-order valence-electron chi connectivity index (χ1n) is 8.42. The third kappa shape index (κ3) is 2.52. The van der Waals surface area contributed by atoms with Gasteiger partial charge in [-0.05, 0) is 56.4 Å². The summed E-state index contributed by atoms with van der Waals surface area (Å²) in [5.41, 5.74) is 2.29. The summed E-state index contributed by atoms with van der Waals surface area (Å²) in [5, 5.41) is 15.1. The highest BCUT2D eigenvalue weighted by Gasteiger charge is 2.44. The third-order valence-electron chi connectivity index (χ3n) is 5.23. The largest absolute Gasteiger partial charge is 0.367 e. The molecule has 0 spiro atoms. The number of rotatable bonds is 3. The lowest BCUT2D eigenvalue weighted by molar-refractivity contribution is -0.119. The predicted molar refractivity (Wildman–Crippen MR) is 94.2 cm³/mol. The summed E-state index contributed by atoms with van der Waals surface area (Å²) in [6.45, 7) is 3.91. The van der Waals surface area contributed by atoms with Gasteiger partial charge < -0.3 is 10.6 Å². The molecule has 2 aliphatic rings. The van der Waals surface area contributed by atoms with Gasteiger partial charge in [-0.15, -0.1) is 0 Å². The number of hydrogen-bond acceptors (Lipinski definition) is 5. The molecule has 0 radical (unpaired) electrons. The van der Waals surface area contributed by atoms with Crippen molar-refractivity contribution in [1.29, 1.82) is 5.26 Å². The van der Waals surface area contributed by atoms with Crippen molar-refractivity contribution in [3.05, 3.63) is 47.3 Å². The van der Waals surface area contributed by atoms with Crippen LogP contribution in [0, 0.1) is 11.3 Å². The normalized spacial score (nSPS) is 23.2. The van der Waals surface area contributed by atoms with Crippen molar-refractivity contribution in [2.75, 3.05) is 10.6 Å². The summed E-state index contributed by atoms with van der Waals surface area (Å²) in [4.78, 5) is 20.8. The zero-order chi connectivity index (χ0) is 17.6. The number of amides is 1. The van der Waals surface area contributed by atoms with Gasteiger partial charge in [-0.3, -0.25) is 4.79 Å². The second kappa shape index (κ2) is 5.55. The lowest BCUT2D eigenvalue weighted by atomic mass is 9.71. The number of nitrogens with zero attached hydrogens (tertiary/aromatic N) is 3. The number of carbonyl (C=O) groups is 1. The van der Waals surface area contributed by atoms with Gasteiger partial charge >= 0.3 is 0 Å². The fraction of sp³-hybridized carbons (Fsp3) is 0.368. The van der Waals surface area contributed by atoms with Crippen LogP contribution >= 0.6 is 0 Å². The fourth-order valence-electron chi connectivity index (χ4n) is 3.69. The van der Waals surface area contributed by atoms with Crippen LogP contribution in [0.3, 0.4) is 0 Å². The molecular weight excluding hydrogens is 314 g/mol. The van der Waals surface area contributed by atoms with Gasteiger partial charge in [0.1, 0.15) is 17.7 Å². The fourth-order valence-corrected chi connectivity index (χ4v) is 3.69. The SMILES string of the molecule is CC1(C)C(=O)Nc2nccc(C3CC(Nc4ccc(C#N)cn4)C3)c21. The van der Waals surface area contributed by atoms with E-state index in [0.29, 0.717) is 23.3 Å². The van der Waals surface area contributed by atoms with E-state index in [-0.39, 0.29) is 5.91 Å². The topological polar surface area (TPSA) is 90.7 Å². The van der Waals surface area contributed by atoms with E-state index in [4.69, 9.17) is 5.26 Å². The first kappa shape index (κ1) is 15.6. The van der Waals surface area contributed by atoms with Crippen LogP contribution < -0.4 is 10.6 Å². The third-order valence-corrected chi connectivity index (χ3v) is 5.23. The Labute approximate surface area is 146 Å². The molecule has 1 aliphatic heterocycles. The van der Waals surface area contributed by atoms with Gasteiger partial charge in [0.25, 0.3) is 0 Å². The molecular formula is C19H19N5O. The first-order valence-corrected chi connectivity index (χ1v) is 8.42. The minimum atomic E-state index is -0.536. The van der Waals surface area contributed by atoms with Crippen LogP contribution in [0.4, 0.5) is 11.6 Å². The van der Waals surface area contributed by atoms with Gasteiger partial charge in [0.2, 0.25) is 5.91 Å². The van der Waals surface area contributed by atoms with Gasteiger partial charge in [-0.25, -0.2) is 9.97 Å². The Bertz CT molecular complexity index is 876. The molecule has 2 N–H and O–H groups in total. The molecule has 1 amide bonds. The lowest BCUT2D eigenvalue weighted by Gasteiger charge is -2.38. The molecule has 4 rings (SSSR count). The van der Waals surface area contributed by atoms with Crippen LogP contribution in [-0.2, 0) is 10.2 Å². The summed E-state index contributed by atoms with van der Waals surface area (Å²) in [6.07, 6.45) is 5.33. The van der Waals surface area contributed by atoms with Crippen molar-refractivity contribution in [3.63, 3.8) is 0 Å². The van der Waals surface area contributed by atoms with Crippen molar-refractivity contribution < 1.29 is 4.79 Å². The lowest BCUT2D eigenvalue weighted by Crippen LogP contribution is -2.36. The van der Waals surface area contributed by atoms with Crippen LogP contribution in [0.25, 0.3) is 0 Å². The summed E-state index contributed by atoms with van der Waals surface area (Å²) in [5.74, 6) is 1.93. The quantitative estimate of drug-likeness (QED) is 0.901. The molecule has 0 unspecified atom stereocenters. The minimum Gasteiger partial charge on any atom is -0.367 e. The number of fused-ring (bicyclic) bond motifs is 1. The molecule has 1 saturated carbocycles. The van der Waals surface area contributed by atoms with Gasteiger partial charge in [0.05, 0.1) is 11.0 Å². The average molecular weight is 333 g/mol. The van der Waals surface area contributed by atoms with Gasteiger partial charge in [0, 0.05) is 24.0 Å². The Morgan fingerprint density at radius 1 is 1.28 bits per heavy atom. The number of hydrogen-bond donors (Lipinski definition) is 2. The average Bonchev–Trinajstić information content (AvgIpc) is 2.81. The predicted octanol–water partition coefficient (Wildman–Crippen LogP) is 2.94. The van der Waals surface area contributed by atoms with Crippen molar-refractivity contribution in [2.45, 2.75) is 44.1 Å². The monoisotopic (exact) mass is 333 g/mol. The summed E-state index contributed by atoms with van der Waals surface area (Å²) >= 11 is 0. The van der Waals surface area contributed by atoms with E-state index in [2.05, 4.69) is 26.7 Å². The maximum absolute atomic E-state index is 12.2. The highest BCUT2D eigenvalue weighted by Crippen LogP contribution is 2.46. The Morgan fingerprint density at radius 2 is 2.08 bits per heavy atom. The Hall–Kier alpha value is -2.94. The van der Waals surface area contributed by atoms with Crippen molar-refractivity contribution in [3.8, 4) is 6.07 Å². The molecule has 0 aromatic carbocycles. The van der Waals surface area contributed by atoms with E-state index in [1.807, 2.05) is 26.0 Å². The standard InChI is InChI=1S/C19H19N5O/c1-19(2)16-14(5-6-21-17(16)24-18(19)25)12-7-13(8-12)23-15-4-3-11(9-20)10-22-15/h3-6,10,12-13H,7-8H2,1-2H3,(H,22,23)(H,21,24,25). The Morgan fingerprint density at radius 3 is 2.76 bits per heavy atom. The number of nitriles is 1. The highest BCUT2D eigenvalue weighted by molar-refractivity contribution is 6.05. The van der Waals surface area contributed by atoms with E-state index in [1.54, 1.807) is 18.5 Å². The number of anilines is 2. The number of nitrogens with one attached hydrogen (secondary N) is 2. The molecule has 0 atom stereocenters. The summed E-state index contributed by atoms with van der Waals surface area (Å²) < 4.78 is 0. The molecule has 25 heavy (non-hydrogen) atoms. The maximum atomic E-state index is 12.2. The maximum Gasteiger partial charge on any atom is 0.235 e. The van der Waals surface area contributed by atoms with Gasteiger partial charge in [-0.1, -0.05) is 0 Å². The van der Waals surface area contributed by atoms with Gasteiger partial charge in [-0.2, -0.15) is 5.26 Å². The Balaban J connectivity index is 1.48. The van der Waals surface area contributed by atoms with E-state index >= 15 is 0 Å². The van der Waals surface area contributed by atoms with Crippen molar-refractivity contribution in [1.82, 2.24) is 9.97 Å². The molecule has 0 saturated heterocycles. The minimum absolute atomic E-state index is 0.0123. The van der Waals surface area contributed by atoms with Crippen LogP contribution in [-0.4, -0.2) is 21.9 Å². The molecule has 3 heterocycles. The van der Waals surface area contributed by atoms with E-state index < -0.39 is 5.41 Å². The smallest absolute Gasteiger partial charge is 0.235 e. The molecule has 2 aromatic rings. The van der Waals surface area contributed by atoms with Gasteiger partial charge in [0.15, 0.2) is 0 Å². The van der Waals surface area contributed by atoms with E-state index in [0.717, 1.165) is 24.2 Å². The highest BCUT2D eigenvalue weighted by atomic mass is 16.2.